The molecule has 3 rings (SSSR count). The van der Waals surface area contributed by atoms with Crippen molar-refractivity contribution in [3.05, 3.63) is 52.1 Å². The molecule has 9 heteroatoms. The van der Waals surface area contributed by atoms with Crippen molar-refractivity contribution in [3.63, 3.8) is 0 Å². The van der Waals surface area contributed by atoms with E-state index in [1.165, 1.54) is 27.3 Å². The molecule has 0 unspecified atom stereocenters. The van der Waals surface area contributed by atoms with Gasteiger partial charge in [-0.05, 0) is 40.1 Å². The van der Waals surface area contributed by atoms with Crippen LogP contribution in [-0.4, -0.2) is 34.9 Å². The van der Waals surface area contributed by atoms with Crippen LogP contribution in [0.5, 0.6) is 0 Å². The molecule has 3 aromatic rings. The minimum atomic E-state index is -0.288. The van der Waals surface area contributed by atoms with Crippen molar-refractivity contribution >= 4 is 11.8 Å². The van der Waals surface area contributed by atoms with Gasteiger partial charge in [0.15, 0.2) is 0 Å². The Bertz CT molecular complexity index is 882. The minimum Gasteiger partial charge on any atom is -0.412 e. The number of thioether (sulfide) groups is 1. The first-order valence-corrected chi connectivity index (χ1v) is 8.06. The molecule has 23 heavy (non-hydrogen) atoms. The Kier molecular flexibility index (Phi) is 4.20. The summed E-state index contributed by atoms with van der Waals surface area (Å²) in [7, 11) is 1.57. The monoisotopic (exact) mass is 332 g/mol. The lowest BCUT2D eigenvalue weighted by Gasteiger charge is -2.12. The molecule has 1 aromatic carbocycles. The molecule has 0 fully saturated rings. The maximum atomic E-state index is 12.1. The van der Waals surface area contributed by atoms with Crippen LogP contribution in [0.4, 0.5) is 0 Å². The molecule has 0 atom stereocenters. The first-order chi connectivity index (χ1) is 11.1. The van der Waals surface area contributed by atoms with E-state index in [0.29, 0.717) is 10.8 Å². The van der Waals surface area contributed by atoms with Crippen molar-refractivity contribution in [2.45, 2.75) is 24.1 Å². The van der Waals surface area contributed by atoms with Crippen molar-refractivity contribution in [2.75, 3.05) is 0 Å². The lowest BCUT2D eigenvalue weighted by atomic mass is 10.0. The molecule has 0 radical (unpaired) electrons. The lowest BCUT2D eigenvalue weighted by Crippen LogP contribution is -2.23. The highest BCUT2D eigenvalue weighted by Crippen LogP contribution is 2.27. The van der Waals surface area contributed by atoms with Crippen LogP contribution < -0.4 is 5.69 Å². The zero-order valence-electron chi connectivity index (χ0n) is 12.7. The van der Waals surface area contributed by atoms with Gasteiger partial charge in [-0.2, -0.15) is 9.36 Å². The minimum absolute atomic E-state index is 0.288. The molecule has 2 aromatic heterocycles. The van der Waals surface area contributed by atoms with E-state index in [1.807, 2.05) is 18.2 Å². The number of tetrazole rings is 1. The summed E-state index contributed by atoms with van der Waals surface area (Å²) < 4.78 is 2.50. The van der Waals surface area contributed by atoms with E-state index in [-0.39, 0.29) is 5.69 Å². The summed E-state index contributed by atoms with van der Waals surface area (Å²) in [6, 6.07) is 7.53. The van der Waals surface area contributed by atoms with Crippen molar-refractivity contribution < 1.29 is 5.21 Å². The van der Waals surface area contributed by atoms with Gasteiger partial charge in [-0.25, -0.2) is 4.79 Å². The lowest BCUT2D eigenvalue weighted by molar-refractivity contribution is 0.145. The first kappa shape index (κ1) is 15.3. The standard InChI is InChI=1S/C14H16N6O2S/c1-3-10-5-4-6-12(20-14(21)18(2)16-17-20)11(10)9-23-13-7-8-19(22)15-13/h4-8,22H,3,9H2,1-2H3. The Balaban J connectivity index is 2.00. The summed E-state index contributed by atoms with van der Waals surface area (Å²) in [4.78, 5) is 12.9. The van der Waals surface area contributed by atoms with Gasteiger partial charge in [-0.1, -0.05) is 30.8 Å². The molecule has 120 valence electrons. The molecule has 8 nitrogen and oxygen atoms in total. The van der Waals surface area contributed by atoms with Crippen LogP contribution >= 0.6 is 11.8 Å². The second-order valence-electron chi connectivity index (χ2n) is 4.93. The molecule has 0 saturated carbocycles. The van der Waals surface area contributed by atoms with Gasteiger partial charge < -0.3 is 5.21 Å². The molecule has 0 aliphatic heterocycles. The summed E-state index contributed by atoms with van der Waals surface area (Å²) >= 11 is 1.48. The average Bonchev–Trinajstić information content (AvgIpc) is 3.11. The zero-order chi connectivity index (χ0) is 16.4. The van der Waals surface area contributed by atoms with Crippen LogP contribution in [-0.2, 0) is 19.2 Å². The SMILES string of the molecule is CCc1cccc(-n2nnn(C)c2=O)c1CSc1ccn(O)n1. The topological polar surface area (TPSA) is 90.8 Å². The second-order valence-corrected chi connectivity index (χ2v) is 5.92. The molecule has 0 amide bonds. The number of rotatable bonds is 5. The first-order valence-electron chi connectivity index (χ1n) is 7.08. The summed E-state index contributed by atoms with van der Waals surface area (Å²) in [6.45, 7) is 2.06. The van der Waals surface area contributed by atoms with Crippen LogP contribution in [0.3, 0.4) is 0 Å². The van der Waals surface area contributed by atoms with E-state index in [2.05, 4.69) is 22.4 Å². The second kappa shape index (κ2) is 6.29. The van der Waals surface area contributed by atoms with Gasteiger partial charge in [0, 0.05) is 12.8 Å². The van der Waals surface area contributed by atoms with Crippen molar-refractivity contribution in [3.8, 4) is 5.69 Å². The average molecular weight is 332 g/mol. The largest absolute Gasteiger partial charge is 0.412 e. The van der Waals surface area contributed by atoms with Crippen LogP contribution in [0.1, 0.15) is 18.1 Å². The smallest absolute Gasteiger partial charge is 0.368 e. The van der Waals surface area contributed by atoms with Crippen LogP contribution in [0.2, 0.25) is 0 Å². The third-order valence-corrected chi connectivity index (χ3v) is 4.44. The van der Waals surface area contributed by atoms with Gasteiger partial charge >= 0.3 is 5.69 Å². The third-order valence-electron chi connectivity index (χ3n) is 3.49. The van der Waals surface area contributed by atoms with Crippen LogP contribution in [0, 0.1) is 0 Å². The Morgan fingerprint density at radius 3 is 2.70 bits per heavy atom. The van der Waals surface area contributed by atoms with Crippen molar-refractivity contribution in [2.24, 2.45) is 7.05 Å². The van der Waals surface area contributed by atoms with Gasteiger partial charge in [-0.15, -0.1) is 9.94 Å². The number of aryl methyl sites for hydroxylation is 2. The summed E-state index contributed by atoms with van der Waals surface area (Å²) in [5.41, 5.74) is 2.58. The van der Waals surface area contributed by atoms with Gasteiger partial charge in [0.1, 0.15) is 5.03 Å². The van der Waals surface area contributed by atoms with Gasteiger partial charge in [0.25, 0.3) is 0 Å². The zero-order valence-corrected chi connectivity index (χ0v) is 13.6. The molecule has 0 aliphatic carbocycles. The molecule has 2 heterocycles. The van der Waals surface area contributed by atoms with Crippen molar-refractivity contribution in [1.29, 1.82) is 0 Å². The number of hydrogen-bond donors (Lipinski definition) is 1. The van der Waals surface area contributed by atoms with Gasteiger partial charge in [0.2, 0.25) is 0 Å². The fraction of sp³-hybridized carbons (Fsp3) is 0.286. The number of hydrogen-bond acceptors (Lipinski definition) is 6. The number of benzene rings is 1. The fourth-order valence-electron chi connectivity index (χ4n) is 2.30. The maximum Gasteiger partial charge on any atom is 0.368 e. The van der Waals surface area contributed by atoms with Gasteiger partial charge in [-0.3, -0.25) is 0 Å². The highest BCUT2D eigenvalue weighted by Gasteiger charge is 2.14. The van der Waals surface area contributed by atoms with Gasteiger partial charge in [0.05, 0.1) is 11.9 Å². The van der Waals surface area contributed by atoms with E-state index in [1.54, 1.807) is 13.1 Å². The van der Waals surface area contributed by atoms with Crippen LogP contribution in [0.25, 0.3) is 5.69 Å². The fourth-order valence-corrected chi connectivity index (χ4v) is 3.23. The van der Waals surface area contributed by atoms with E-state index in [4.69, 9.17) is 0 Å². The quantitative estimate of drug-likeness (QED) is 0.559. The maximum absolute atomic E-state index is 12.1. The summed E-state index contributed by atoms with van der Waals surface area (Å²) in [6.07, 6.45) is 2.31. The van der Waals surface area contributed by atoms with E-state index in [9.17, 15) is 10.0 Å². The van der Waals surface area contributed by atoms with E-state index >= 15 is 0 Å². The Morgan fingerprint density at radius 1 is 1.26 bits per heavy atom. The molecule has 1 N–H and O–H groups in total. The molecule has 0 saturated heterocycles. The van der Waals surface area contributed by atoms with E-state index in [0.717, 1.165) is 28.1 Å². The molecule has 0 spiro atoms. The normalized spacial score (nSPS) is 11.0. The number of nitrogens with zero attached hydrogens (tertiary/aromatic N) is 6. The number of aromatic nitrogens is 6. The Hall–Kier alpha value is -2.55. The molecular formula is C14H16N6O2S. The molecular weight excluding hydrogens is 316 g/mol. The van der Waals surface area contributed by atoms with Crippen molar-refractivity contribution in [1.82, 2.24) is 29.7 Å². The van der Waals surface area contributed by atoms with E-state index < -0.39 is 0 Å². The molecule has 0 bridgehead atoms. The highest BCUT2D eigenvalue weighted by atomic mass is 32.2. The predicted octanol–water partition coefficient (Wildman–Crippen LogP) is 1.25. The Labute approximate surface area is 136 Å². The Morgan fingerprint density at radius 2 is 2.09 bits per heavy atom. The molecule has 0 aliphatic rings. The highest BCUT2D eigenvalue weighted by molar-refractivity contribution is 7.98. The summed E-state index contributed by atoms with van der Waals surface area (Å²) in [5.74, 6) is 0.610. The van der Waals surface area contributed by atoms with Crippen LogP contribution in [0.15, 0.2) is 40.3 Å². The summed E-state index contributed by atoms with van der Waals surface area (Å²) in [5, 5.41) is 21.6. The predicted molar refractivity (Wildman–Crippen MR) is 85.0 cm³/mol. The third kappa shape index (κ3) is 3.00.